The number of benzene rings is 2. The summed E-state index contributed by atoms with van der Waals surface area (Å²) in [5, 5.41) is 15.3. The molecule has 2 heterocycles. The zero-order chi connectivity index (χ0) is 21.8. The summed E-state index contributed by atoms with van der Waals surface area (Å²) in [7, 11) is 0. The first-order chi connectivity index (χ1) is 15.1. The van der Waals surface area contributed by atoms with Gasteiger partial charge in [-0.15, -0.1) is 5.10 Å². The number of tetrazole rings is 1. The average molecular weight is 416 g/mol. The molecule has 0 saturated heterocycles. The van der Waals surface area contributed by atoms with E-state index in [0.29, 0.717) is 23.2 Å². The predicted octanol–water partition coefficient (Wildman–Crippen LogP) is 1.79. The lowest BCUT2D eigenvalue weighted by Gasteiger charge is -2.10. The van der Waals surface area contributed by atoms with Gasteiger partial charge < -0.3 is 0 Å². The summed E-state index contributed by atoms with van der Waals surface area (Å²) < 4.78 is 3.20. The lowest BCUT2D eigenvalue weighted by atomic mass is 10.2. The molecule has 4 rings (SSSR count). The molecule has 2 aromatic carbocycles. The first-order valence-electron chi connectivity index (χ1n) is 9.65. The van der Waals surface area contributed by atoms with E-state index in [1.54, 1.807) is 28.9 Å². The van der Waals surface area contributed by atoms with Gasteiger partial charge in [-0.1, -0.05) is 24.6 Å². The molecule has 156 valence electrons. The van der Waals surface area contributed by atoms with Crippen LogP contribution >= 0.6 is 0 Å². The molecule has 0 aliphatic heterocycles. The van der Waals surface area contributed by atoms with Crippen molar-refractivity contribution in [2.45, 2.75) is 20.3 Å². The van der Waals surface area contributed by atoms with Crippen LogP contribution in [0.3, 0.4) is 0 Å². The van der Waals surface area contributed by atoms with E-state index in [9.17, 15) is 9.59 Å². The molecule has 2 N–H and O–H groups in total. The Morgan fingerprint density at radius 1 is 0.935 bits per heavy atom. The number of aryl methyl sites for hydroxylation is 1. The van der Waals surface area contributed by atoms with Gasteiger partial charge in [-0.05, 0) is 60.2 Å². The number of hydrogen-bond acceptors (Lipinski definition) is 6. The van der Waals surface area contributed by atoms with Gasteiger partial charge in [-0.2, -0.15) is 5.10 Å². The highest BCUT2D eigenvalue weighted by molar-refractivity contribution is 5.99. The standard InChI is InChI=1S/C21H20N8O2/c1-3-19-18(12-23-29(19)17-8-4-14(2)5-9-17)21(31)25-24-20(30)15-6-10-16(11-7-15)28-13-22-26-27-28/h4-13H,3H2,1-2H3,(H,24,30)(H,25,31). The summed E-state index contributed by atoms with van der Waals surface area (Å²) in [6.07, 6.45) is 3.56. The Bertz CT molecular complexity index is 1200. The minimum atomic E-state index is -0.444. The van der Waals surface area contributed by atoms with E-state index >= 15 is 0 Å². The monoisotopic (exact) mass is 416 g/mol. The van der Waals surface area contributed by atoms with Crippen molar-refractivity contribution in [2.75, 3.05) is 0 Å². The maximum atomic E-state index is 12.7. The molecule has 0 bridgehead atoms. The molecule has 2 aromatic heterocycles. The second kappa shape index (κ2) is 8.57. The highest BCUT2D eigenvalue weighted by Gasteiger charge is 2.18. The predicted molar refractivity (Wildman–Crippen MR) is 112 cm³/mol. The number of nitrogens with one attached hydrogen (secondary N) is 2. The van der Waals surface area contributed by atoms with Crippen molar-refractivity contribution in [1.82, 2.24) is 40.8 Å². The van der Waals surface area contributed by atoms with Crippen LogP contribution in [-0.2, 0) is 6.42 Å². The fraction of sp³-hybridized carbons (Fsp3) is 0.143. The van der Waals surface area contributed by atoms with Gasteiger partial charge in [-0.25, -0.2) is 9.36 Å². The van der Waals surface area contributed by atoms with Crippen molar-refractivity contribution < 1.29 is 9.59 Å². The number of amides is 2. The summed E-state index contributed by atoms with van der Waals surface area (Å²) in [6.45, 7) is 3.96. The lowest BCUT2D eigenvalue weighted by Crippen LogP contribution is -2.41. The van der Waals surface area contributed by atoms with Crippen LogP contribution in [0.25, 0.3) is 11.4 Å². The Kier molecular flexibility index (Phi) is 5.52. The SMILES string of the molecule is CCc1c(C(=O)NNC(=O)c2ccc(-n3cnnn3)cc2)cnn1-c1ccc(C)cc1. The van der Waals surface area contributed by atoms with Crippen LogP contribution in [0.4, 0.5) is 0 Å². The van der Waals surface area contributed by atoms with Crippen LogP contribution in [-0.4, -0.2) is 41.8 Å². The second-order valence-electron chi connectivity index (χ2n) is 6.82. The van der Waals surface area contributed by atoms with Crippen molar-refractivity contribution in [3.63, 3.8) is 0 Å². The van der Waals surface area contributed by atoms with Gasteiger partial charge in [0.1, 0.15) is 6.33 Å². The first-order valence-corrected chi connectivity index (χ1v) is 9.65. The fourth-order valence-electron chi connectivity index (χ4n) is 3.11. The molecule has 0 aliphatic rings. The largest absolute Gasteiger partial charge is 0.273 e. The molecule has 10 heteroatoms. The van der Waals surface area contributed by atoms with E-state index < -0.39 is 11.8 Å². The van der Waals surface area contributed by atoms with Gasteiger partial charge in [-0.3, -0.25) is 20.4 Å². The lowest BCUT2D eigenvalue weighted by molar-refractivity contribution is 0.0846. The van der Waals surface area contributed by atoms with Gasteiger partial charge in [0.25, 0.3) is 11.8 Å². The van der Waals surface area contributed by atoms with Crippen LogP contribution < -0.4 is 10.9 Å². The molecule has 0 spiro atoms. The Morgan fingerprint density at radius 3 is 2.26 bits per heavy atom. The van der Waals surface area contributed by atoms with Gasteiger partial charge >= 0.3 is 0 Å². The quantitative estimate of drug-likeness (QED) is 0.479. The topological polar surface area (TPSA) is 120 Å². The zero-order valence-electron chi connectivity index (χ0n) is 17.0. The number of rotatable bonds is 5. The Labute approximate surface area is 177 Å². The highest BCUT2D eigenvalue weighted by atomic mass is 16.2. The fourth-order valence-corrected chi connectivity index (χ4v) is 3.11. The number of hydrazine groups is 1. The Hall–Kier alpha value is -4.34. The van der Waals surface area contributed by atoms with E-state index in [-0.39, 0.29) is 0 Å². The van der Waals surface area contributed by atoms with Gasteiger partial charge in [0, 0.05) is 5.56 Å². The average Bonchev–Trinajstić information content (AvgIpc) is 3.48. The van der Waals surface area contributed by atoms with E-state index in [2.05, 4.69) is 31.5 Å². The molecule has 4 aromatic rings. The van der Waals surface area contributed by atoms with Crippen molar-refractivity contribution in [3.8, 4) is 11.4 Å². The molecule has 10 nitrogen and oxygen atoms in total. The minimum absolute atomic E-state index is 0.378. The molecule has 0 atom stereocenters. The van der Waals surface area contributed by atoms with Crippen LogP contribution in [0.2, 0.25) is 0 Å². The number of nitrogens with zero attached hydrogens (tertiary/aromatic N) is 6. The third-order valence-electron chi connectivity index (χ3n) is 4.76. The van der Waals surface area contributed by atoms with Gasteiger partial charge in [0.05, 0.1) is 28.8 Å². The summed E-state index contributed by atoms with van der Waals surface area (Å²) in [5.74, 6) is -0.880. The van der Waals surface area contributed by atoms with Crippen molar-refractivity contribution >= 4 is 11.8 Å². The van der Waals surface area contributed by atoms with Gasteiger partial charge in [0.2, 0.25) is 0 Å². The molecule has 0 aliphatic carbocycles. The number of aromatic nitrogens is 6. The second-order valence-corrected chi connectivity index (χ2v) is 6.82. The van der Waals surface area contributed by atoms with Crippen LogP contribution in [0.15, 0.2) is 61.1 Å². The van der Waals surface area contributed by atoms with Crippen molar-refractivity contribution in [1.29, 1.82) is 0 Å². The summed E-state index contributed by atoms with van der Waals surface area (Å²) >= 11 is 0. The van der Waals surface area contributed by atoms with Crippen molar-refractivity contribution in [2.24, 2.45) is 0 Å². The summed E-state index contributed by atoms with van der Waals surface area (Å²) in [6, 6.07) is 14.5. The third-order valence-corrected chi connectivity index (χ3v) is 4.76. The Morgan fingerprint density at radius 2 is 1.61 bits per heavy atom. The van der Waals surface area contributed by atoms with E-state index in [1.807, 2.05) is 38.1 Å². The maximum absolute atomic E-state index is 12.7. The van der Waals surface area contributed by atoms with E-state index in [0.717, 1.165) is 16.9 Å². The third kappa shape index (κ3) is 4.17. The molecule has 2 amide bonds. The smallest absolute Gasteiger partial charge is 0.267 e. The number of carbonyl (C=O) groups excluding carboxylic acids is 2. The molecule has 0 unspecified atom stereocenters. The molecular weight excluding hydrogens is 396 g/mol. The number of carbonyl (C=O) groups is 2. The molecule has 0 saturated carbocycles. The van der Waals surface area contributed by atoms with Crippen molar-refractivity contribution in [3.05, 3.63) is 83.4 Å². The molecule has 0 radical (unpaired) electrons. The maximum Gasteiger partial charge on any atom is 0.273 e. The zero-order valence-corrected chi connectivity index (χ0v) is 17.0. The normalized spacial score (nSPS) is 10.6. The molecular formula is C21H20N8O2. The summed E-state index contributed by atoms with van der Waals surface area (Å²) in [4.78, 5) is 25.1. The minimum Gasteiger partial charge on any atom is -0.267 e. The van der Waals surface area contributed by atoms with Gasteiger partial charge in [0.15, 0.2) is 0 Å². The van der Waals surface area contributed by atoms with E-state index in [4.69, 9.17) is 0 Å². The molecule has 0 fully saturated rings. The van der Waals surface area contributed by atoms with E-state index in [1.165, 1.54) is 17.2 Å². The Balaban J connectivity index is 1.44. The number of hydrogen-bond donors (Lipinski definition) is 2. The first kappa shape index (κ1) is 20.0. The highest BCUT2D eigenvalue weighted by Crippen LogP contribution is 2.16. The van der Waals surface area contributed by atoms with Crippen LogP contribution in [0, 0.1) is 6.92 Å². The molecule has 31 heavy (non-hydrogen) atoms. The summed E-state index contributed by atoms with van der Waals surface area (Å²) in [5.41, 5.74) is 9.14. The van der Waals surface area contributed by atoms with Crippen LogP contribution in [0.5, 0.6) is 0 Å². The van der Waals surface area contributed by atoms with Crippen LogP contribution in [0.1, 0.15) is 38.9 Å².